The Bertz CT molecular complexity index is 433. The summed E-state index contributed by atoms with van der Waals surface area (Å²) in [4.78, 5) is 16.9. The van der Waals surface area contributed by atoms with Gasteiger partial charge in [-0.1, -0.05) is 13.8 Å². The number of hydrogen-bond acceptors (Lipinski definition) is 5. The molecular formula is C13H21N3O3. The number of hydrogen-bond donors (Lipinski definition) is 3. The molecule has 0 aliphatic heterocycles. The van der Waals surface area contributed by atoms with Gasteiger partial charge < -0.3 is 20.8 Å². The fourth-order valence-corrected chi connectivity index (χ4v) is 2.13. The van der Waals surface area contributed by atoms with E-state index in [1.54, 1.807) is 0 Å². The minimum absolute atomic E-state index is 0.00168. The standard InChI is InChI=1S/C13H21N3O3/c1-3-10(4-2)16(5-6-17)12-11(14)7-9(8-15-12)13(18)19/h7-8,10,17H,3-6,14H2,1-2H3,(H,18,19). The van der Waals surface area contributed by atoms with Gasteiger partial charge in [-0.25, -0.2) is 9.78 Å². The van der Waals surface area contributed by atoms with Crippen molar-refractivity contribution < 1.29 is 15.0 Å². The van der Waals surface area contributed by atoms with Crippen molar-refractivity contribution in [3.05, 3.63) is 17.8 Å². The molecule has 6 nitrogen and oxygen atoms in total. The average molecular weight is 267 g/mol. The van der Waals surface area contributed by atoms with Crippen molar-refractivity contribution in [2.45, 2.75) is 32.7 Å². The van der Waals surface area contributed by atoms with Crippen molar-refractivity contribution in [3.8, 4) is 0 Å². The lowest BCUT2D eigenvalue weighted by atomic mass is 10.1. The lowest BCUT2D eigenvalue weighted by Gasteiger charge is -2.31. The number of nitrogens with zero attached hydrogens (tertiary/aromatic N) is 2. The molecule has 1 aromatic heterocycles. The molecule has 0 atom stereocenters. The number of carbonyl (C=O) groups is 1. The normalized spacial score (nSPS) is 10.7. The number of carboxylic acids is 1. The van der Waals surface area contributed by atoms with Crippen LogP contribution in [0, 0.1) is 0 Å². The van der Waals surface area contributed by atoms with Crippen LogP contribution in [0.5, 0.6) is 0 Å². The molecule has 0 aliphatic carbocycles. The molecule has 6 heteroatoms. The Morgan fingerprint density at radius 3 is 2.53 bits per heavy atom. The van der Waals surface area contributed by atoms with Crippen molar-refractivity contribution in [1.82, 2.24) is 4.98 Å². The number of aromatic carboxylic acids is 1. The van der Waals surface area contributed by atoms with E-state index in [2.05, 4.69) is 18.8 Å². The maximum Gasteiger partial charge on any atom is 0.337 e. The zero-order valence-electron chi connectivity index (χ0n) is 11.3. The SMILES string of the molecule is CCC(CC)N(CCO)c1ncc(C(=O)O)cc1N. The van der Waals surface area contributed by atoms with Crippen molar-refractivity contribution in [2.24, 2.45) is 0 Å². The van der Waals surface area contributed by atoms with Crippen LogP contribution in [0.3, 0.4) is 0 Å². The minimum atomic E-state index is -1.05. The number of aliphatic hydroxyl groups excluding tert-OH is 1. The van der Waals surface area contributed by atoms with Gasteiger partial charge >= 0.3 is 5.97 Å². The van der Waals surface area contributed by atoms with E-state index in [-0.39, 0.29) is 18.2 Å². The molecule has 0 saturated heterocycles. The zero-order chi connectivity index (χ0) is 14.4. The van der Waals surface area contributed by atoms with Gasteiger partial charge in [0.1, 0.15) is 0 Å². The van der Waals surface area contributed by atoms with E-state index >= 15 is 0 Å². The molecule has 0 spiro atoms. The summed E-state index contributed by atoms with van der Waals surface area (Å²) in [6.07, 6.45) is 3.09. The van der Waals surface area contributed by atoms with Crippen LogP contribution in [0.4, 0.5) is 11.5 Å². The predicted molar refractivity (Wildman–Crippen MR) is 74.4 cm³/mol. The summed E-state index contributed by atoms with van der Waals surface area (Å²) in [7, 11) is 0. The first-order chi connectivity index (χ1) is 9.04. The van der Waals surface area contributed by atoms with Crippen molar-refractivity contribution in [3.63, 3.8) is 0 Å². The highest BCUT2D eigenvalue weighted by atomic mass is 16.4. The monoisotopic (exact) mass is 267 g/mol. The summed E-state index contributed by atoms with van der Waals surface area (Å²) in [5.41, 5.74) is 6.27. The average Bonchev–Trinajstić information content (AvgIpc) is 2.39. The van der Waals surface area contributed by atoms with E-state index in [1.807, 2.05) is 4.90 Å². The number of nitrogens with two attached hydrogens (primary N) is 1. The van der Waals surface area contributed by atoms with Gasteiger partial charge in [-0.3, -0.25) is 0 Å². The van der Waals surface area contributed by atoms with Gasteiger partial charge in [-0.05, 0) is 18.9 Å². The molecule has 4 N–H and O–H groups in total. The van der Waals surface area contributed by atoms with Gasteiger partial charge in [0.05, 0.1) is 17.9 Å². The Hall–Kier alpha value is -1.82. The van der Waals surface area contributed by atoms with Crippen molar-refractivity contribution >= 4 is 17.5 Å². The number of nitrogen functional groups attached to an aromatic ring is 1. The third-order valence-corrected chi connectivity index (χ3v) is 3.14. The maximum absolute atomic E-state index is 10.9. The van der Waals surface area contributed by atoms with Crippen LogP contribution in [-0.4, -0.2) is 40.4 Å². The highest BCUT2D eigenvalue weighted by molar-refractivity contribution is 5.89. The number of aromatic nitrogens is 1. The number of pyridine rings is 1. The number of carboxylic acid groups (broad SMARTS) is 1. The lowest BCUT2D eigenvalue weighted by molar-refractivity contribution is 0.0696. The van der Waals surface area contributed by atoms with Crippen LogP contribution in [0.25, 0.3) is 0 Å². The summed E-state index contributed by atoms with van der Waals surface area (Å²) < 4.78 is 0. The van der Waals surface area contributed by atoms with Gasteiger partial charge in [-0.15, -0.1) is 0 Å². The molecule has 1 rings (SSSR count). The van der Waals surface area contributed by atoms with Crippen LogP contribution in [0.15, 0.2) is 12.3 Å². The largest absolute Gasteiger partial charge is 0.478 e. The number of anilines is 2. The molecule has 1 aromatic rings. The molecule has 0 aromatic carbocycles. The van der Waals surface area contributed by atoms with Gasteiger partial charge in [0.25, 0.3) is 0 Å². The van der Waals surface area contributed by atoms with Gasteiger partial charge in [0.15, 0.2) is 5.82 Å². The molecule has 19 heavy (non-hydrogen) atoms. The first-order valence-corrected chi connectivity index (χ1v) is 6.41. The highest BCUT2D eigenvalue weighted by Crippen LogP contribution is 2.25. The highest BCUT2D eigenvalue weighted by Gasteiger charge is 2.19. The van der Waals surface area contributed by atoms with Crippen LogP contribution in [-0.2, 0) is 0 Å². The fourth-order valence-electron chi connectivity index (χ4n) is 2.13. The Morgan fingerprint density at radius 1 is 1.47 bits per heavy atom. The number of aliphatic hydroxyl groups is 1. The van der Waals surface area contributed by atoms with Crippen LogP contribution in [0.1, 0.15) is 37.0 Å². The first kappa shape index (κ1) is 15.2. The third kappa shape index (κ3) is 3.57. The summed E-state index contributed by atoms with van der Waals surface area (Å²) in [5.74, 6) is -0.519. The number of rotatable bonds is 7. The Labute approximate surface area is 112 Å². The molecule has 0 bridgehead atoms. The second-order valence-corrected chi connectivity index (χ2v) is 4.33. The smallest absolute Gasteiger partial charge is 0.337 e. The minimum Gasteiger partial charge on any atom is -0.478 e. The molecule has 0 fully saturated rings. The molecule has 0 saturated carbocycles. The van der Waals surface area contributed by atoms with Gasteiger partial charge in [-0.2, -0.15) is 0 Å². The zero-order valence-corrected chi connectivity index (χ0v) is 11.3. The molecule has 0 radical (unpaired) electrons. The summed E-state index contributed by atoms with van der Waals surface area (Å²) in [6.45, 7) is 4.54. The Balaban J connectivity index is 3.12. The van der Waals surface area contributed by atoms with Crippen LogP contribution >= 0.6 is 0 Å². The molecule has 0 aliphatic rings. The van der Waals surface area contributed by atoms with E-state index in [1.165, 1.54) is 12.3 Å². The van der Waals surface area contributed by atoms with Gasteiger partial charge in [0, 0.05) is 18.8 Å². The maximum atomic E-state index is 10.9. The first-order valence-electron chi connectivity index (χ1n) is 6.41. The summed E-state index contributed by atoms with van der Waals surface area (Å²) in [5, 5.41) is 18.1. The van der Waals surface area contributed by atoms with Crippen LogP contribution < -0.4 is 10.6 Å². The Kier molecular flexibility index (Phi) is 5.57. The second-order valence-electron chi connectivity index (χ2n) is 4.33. The van der Waals surface area contributed by atoms with Crippen LogP contribution in [0.2, 0.25) is 0 Å². The molecule has 0 amide bonds. The van der Waals surface area contributed by atoms with E-state index in [0.29, 0.717) is 18.1 Å². The second kappa shape index (κ2) is 6.94. The summed E-state index contributed by atoms with van der Waals surface area (Å²) >= 11 is 0. The van der Waals surface area contributed by atoms with E-state index in [9.17, 15) is 4.79 Å². The fraction of sp³-hybridized carbons (Fsp3) is 0.538. The Morgan fingerprint density at radius 2 is 2.11 bits per heavy atom. The lowest BCUT2D eigenvalue weighted by Crippen LogP contribution is -2.38. The topological polar surface area (TPSA) is 99.7 Å². The molecule has 0 unspecified atom stereocenters. The summed E-state index contributed by atoms with van der Waals surface area (Å²) in [6, 6.07) is 1.62. The van der Waals surface area contributed by atoms with E-state index in [4.69, 9.17) is 15.9 Å². The quantitative estimate of drug-likeness (QED) is 0.689. The molecular weight excluding hydrogens is 246 g/mol. The van der Waals surface area contributed by atoms with Gasteiger partial charge in [0.2, 0.25) is 0 Å². The molecule has 106 valence electrons. The van der Waals surface area contributed by atoms with Crippen molar-refractivity contribution in [1.29, 1.82) is 0 Å². The van der Waals surface area contributed by atoms with Crippen molar-refractivity contribution in [2.75, 3.05) is 23.8 Å². The van der Waals surface area contributed by atoms with E-state index in [0.717, 1.165) is 12.8 Å². The molecule has 1 heterocycles. The predicted octanol–water partition coefficient (Wildman–Crippen LogP) is 1.35. The van der Waals surface area contributed by atoms with E-state index < -0.39 is 5.97 Å². The third-order valence-electron chi connectivity index (χ3n) is 3.14.